The van der Waals surface area contributed by atoms with Gasteiger partial charge in [-0.15, -0.1) is 0 Å². The summed E-state index contributed by atoms with van der Waals surface area (Å²) in [6.45, 7) is 1.80. The van der Waals surface area contributed by atoms with Crippen LogP contribution in [0.5, 0.6) is 0 Å². The number of alkyl halides is 2. The van der Waals surface area contributed by atoms with Gasteiger partial charge in [0.1, 0.15) is 0 Å². The maximum atomic E-state index is 14.2. The number of halogens is 2. The van der Waals surface area contributed by atoms with Gasteiger partial charge in [-0.2, -0.15) is 0 Å². The van der Waals surface area contributed by atoms with E-state index in [9.17, 15) is 8.78 Å². The van der Waals surface area contributed by atoms with E-state index >= 15 is 0 Å². The van der Waals surface area contributed by atoms with Crippen molar-refractivity contribution in [3.05, 3.63) is 59.2 Å². The summed E-state index contributed by atoms with van der Waals surface area (Å²) in [6, 6.07) is 13.3. The molecule has 98 valence electrons. The van der Waals surface area contributed by atoms with Crippen molar-refractivity contribution in [3.63, 3.8) is 0 Å². The number of rotatable bonds is 3. The summed E-state index contributed by atoms with van der Waals surface area (Å²) in [5, 5.41) is 0. The lowest BCUT2D eigenvalue weighted by Gasteiger charge is -2.19. The average molecular weight is 258 g/mol. The summed E-state index contributed by atoms with van der Waals surface area (Å²) < 4.78 is 28.5. The van der Waals surface area contributed by atoms with E-state index in [0.717, 1.165) is 22.3 Å². The Balaban J connectivity index is 2.13. The smallest absolute Gasteiger partial charge is 0.201 e. The van der Waals surface area contributed by atoms with Crippen molar-refractivity contribution < 1.29 is 8.78 Å². The molecule has 2 aromatic rings. The Morgan fingerprint density at radius 1 is 1.00 bits per heavy atom. The molecule has 1 aliphatic rings. The molecular weight excluding hydrogens is 242 g/mol. The fourth-order valence-corrected chi connectivity index (χ4v) is 2.95. The molecular formula is C17H16F2. The van der Waals surface area contributed by atoms with Gasteiger partial charge in [0.15, 0.2) is 0 Å². The molecule has 2 aromatic carbocycles. The Bertz CT molecular complexity index is 614. The fraction of sp³-hybridized carbons (Fsp3) is 0.294. The van der Waals surface area contributed by atoms with E-state index in [0.29, 0.717) is 12.8 Å². The van der Waals surface area contributed by atoms with Crippen LogP contribution in [0.2, 0.25) is 0 Å². The summed E-state index contributed by atoms with van der Waals surface area (Å²) >= 11 is 0. The third-order valence-electron chi connectivity index (χ3n) is 3.81. The zero-order valence-electron chi connectivity index (χ0n) is 10.9. The first kappa shape index (κ1) is 12.3. The van der Waals surface area contributed by atoms with E-state index in [-0.39, 0.29) is 12.0 Å². The van der Waals surface area contributed by atoms with Crippen LogP contribution in [0.4, 0.5) is 8.78 Å². The van der Waals surface area contributed by atoms with Gasteiger partial charge in [0.25, 0.3) is 5.92 Å². The van der Waals surface area contributed by atoms with E-state index in [1.165, 1.54) is 0 Å². The van der Waals surface area contributed by atoms with Gasteiger partial charge in [-0.1, -0.05) is 55.8 Å². The first-order valence-corrected chi connectivity index (χ1v) is 6.72. The molecule has 0 fully saturated rings. The second kappa shape index (κ2) is 4.44. The fourth-order valence-electron chi connectivity index (χ4n) is 2.95. The van der Waals surface area contributed by atoms with Crippen LogP contribution >= 0.6 is 0 Å². The Morgan fingerprint density at radius 3 is 2.53 bits per heavy atom. The lowest BCUT2D eigenvalue weighted by molar-refractivity contribution is -0.0146. The van der Waals surface area contributed by atoms with Crippen LogP contribution in [-0.4, -0.2) is 0 Å². The average Bonchev–Trinajstić information content (AvgIpc) is 2.76. The van der Waals surface area contributed by atoms with Crippen molar-refractivity contribution in [2.45, 2.75) is 32.1 Å². The van der Waals surface area contributed by atoms with Gasteiger partial charge in [0.2, 0.25) is 0 Å². The van der Waals surface area contributed by atoms with Gasteiger partial charge in [0.05, 0.1) is 0 Å². The summed E-state index contributed by atoms with van der Waals surface area (Å²) in [6.07, 6.45) is 1.03. The maximum absolute atomic E-state index is 14.2. The monoisotopic (exact) mass is 258 g/mol. The van der Waals surface area contributed by atoms with Crippen LogP contribution in [0.25, 0.3) is 11.1 Å². The molecule has 0 heterocycles. The number of hydrogen-bond donors (Lipinski definition) is 0. The maximum Gasteiger partial charge on any atom is 0.273 e. The highest BCUT2D eigenvalue weighted by Gasteiger charge is 2.35. The standard InChI is InChI=1S/C17H16F2/c1-2-10-17(18,19)16-9-5-8-14-13-7-4-3-6-12(13)11-15(14)16/h3-9H,2,10-11H2,1H3. The molecule has 0 atom stereocenters. The van der Waals surface area contributed by atoms with Crippen molar-refractivity contribution in [2.75, 3.05) is 0 Å². The molecule has 0 saturated heterocycles. The highest BCUT2D eigenvalue weighted by atomic mass is 19.3. The zero-order chi connectivity index (χ0) is 13.5. The molecule has 3 rings (SSSR count). The minimum absolute atomic E-state index is 0.0835. The Kier molecular flexibility index (Phi) is 2.89. The lowest BCUT2D eigenvalue weighted by atomic mass is 9.95. The van der Waals surface area contributed by atoms with E-state index in [1.807, 2.05) is 30.3 Å². The van der Waals surface area contributed by atoms with Crippen LogP contribution in [0.1, 0.15) is 36.5 Å². The van der Waals surface area contributed by atoms with Gasteiger partial charge < -0.3 is 0 Å². The second-order valence-corrected chi connectivity index (χ2v) is 5.12. The Morgan fingerprint density at radius 2 is 1.74 bits per heavy atom. The summed E-state index contributed by atoms with van der Waals surface area (Å²) in [5.74, 6) is -2.72. The van der Waals surface area contributed by atoms with Crippen LogP contribution in [0.3, 0.4) is 0 Å². The van der Waals surface area contributed by atoms with Gasteiger partial charge in [-0.3, -0.25) is 0 Å². The number of benzene rings is 2. The van der Waals surface area contributed by atoms with Crippen LogP contribution in [0, 0.1) is 0 Å². The molecule has 0 unspecified atom stereocenters. The molecule has 0 bridgehead atoms. The van der Waals surface area contributed by atoms with Gasteiger partial charge in [0, 0.05) is 12.0 Å². The largest absolute Gasteiger partial charge is 0.273 e. The van der Waals surface area contributed by atoms with Crippen molar-refractivity contribution >= 4 is 0 Å². The molecule has 0 aromatic heterocycles. The van der Waals surface area contributed by atoms with Crippen LogP contribution in [-0.2, 0) is 12.3 Å². The molecule has 2 heteroatoms. The first-order valence-electron chi connectivity index (χ1n) is 6.72. The second-order valence-electron chi connectivity index (χ2n) is 5.12. The summed E-state index contributed by atoms with van der Waals surface area (Å²) in [4.78, 5) is 0. The van der Waals surface area contributed by atoms with Crippen molar-refractivity contribution in [3.8, 4) is 11.1 Å². The van der Waals surface area contributed by atoms with Gasteiger partial charge in [-0.05, 0) is 28.7 Å². The lowest BCUT2D eigenvalue weighted by Crippen LogP contribution is -2.15. The van der Waals surface area contributed by atoms with E-state index in [1.54, 1.807) is 19.1 Å². The van der Waals surface area contributed by atoms with Crippen molar-refractivity contribution in [1.82, 2.24) is 0 Å². The van der Waals surface area contributed by atoms with Crippen LogP contribution in [0.15, 0.2) is 42.5 Å². The molecule has 0 radical (unpaired) electrons. The van der Waals surface area contributed by atoms with E-state index in [4.69, 9.17) is 0 Å². The number of fused-ring (bicyclic) bond motifs is 3. The quantitative estimate of drug-likeness (QED) is 0.609. The summed E-state index contributed by atoms with van der Waals surface area (Å²) in [7, 11) is 0. The van der Waals surface area contributed by atoms with E-state index < -0.39 is 5.92 Å². The van der Waals surface area contributed by atoms with E-state index in [2.05, 4.69) is 0 Å². The van der Waals surface area contributed by atoms with Crippen LogP contribution < -0.4 is 0 Å². The minimum atomic E-state index is -2.72. The molecule has 0 aliphatic heterocycles. The third kappa shape index (κ3) is 1.95. The predicted molar refractivity (Wildman–Crippen MR) is 73.5 cm³/mol. The summed E-state index contributed by atoms with van der Waals surface area (Å²) in [5.41, 5.74) is 4.25. The molecule has 1 aliphatic carbocycles. The van der Waals surface area contributed by atoms with Crippen molar-refractivity contribution in [1.29, 1.82) is 0 Å². The molecule has 0 amide bonds. The van der Waals surface area contributed by atoms with Gasteiger partial charge >= 0.3 is 0 Å². The Labute approximate surface area is 112 Å². The molecule has 0 spiro atoms. The first-order chi connectivity index (χ1) is 9.13. The van der Waals surface area contributed by atoms with Crippen molar-refractivity contribution in [2.24, 2.45) is 0 Å². The molecule has 0 nitrogen and oxygen atoms in total. The highest BCUT2D eigenvalue weighted by Crippen LogP contribution is 2.44. The molecule has 0 saturated carbocycles. The normalized spacial score (nSPS) is 13.2. The topological polar surface area (TPSA) is 0 Å². The minimum Gasteiger partial charge on any atom is -0.201 e. The third-order valence-corrected chi connectivity index (χ3v) is 3.81. The predicted octanol–water partition coefficient (Wildman–Crippen LogP) is 5.15. The molecule has 19 heavy (non-hydrogen) atoms. The Hall–Kier alpha value is -1.70. The zero-order valence-corrected chi connectivity index (χ0v) is 10.9. The van der Waals surface area contributed by atoms with Gasteiger partial charge in [-0.25, -0.2) is 8.78 Å². The SMILES string of the molecule is CCCC(F)(F)c1cccc2c1Cc1ccccc1-2. The highest BCUT2D eigenvalue weighted by molar-refractivity contribution is 5.78. The number of hydrogen-bond acceptors (Lipinski definition) is 0. The molecule has 0 N–H and O–H groups in total.